The van der Waals surface area contributed by atoms with Crippen molar-refractivity contribution in [2.24, 2.45) is 0 Å². The Labute approximate surface area is 226 Å². The predicted octanol–water partition coefficient (Wildman–Crippen LogP) is 7.51. The first kappa shape index (κ1) is 31.0. The maximum absolute atomic E-state index is 13.9. The molecule has 1 unspecified atom stereocenters. The zero-order valence-corrected chi connectivity index (χ0v) is 22.5. The Morgan fingerprint density at radius 2 is 1.42 bits per heavy atom. The molecule has 2 rings (SSSR count). The van der Waals surface area contributed by atoms with E-state index in [1.807, 2.05) is 0 Å². The Bertz CT molecular complexity index is 942. The second kappa shape index (κ2) is 19.0. The summed E-state index contributed by atoms with van der Waals surface area (Å²) in [6.07, 6.45) is 9.04. The number of esters is 2. The summed E-state index contributed by atoms with van der Waals surface area (Å²) in [6, 6.07) is 12.8. The number of unbranched alkanes of at least 4 members (excludes halogenated alkanes) is 6. The van der Waals surface area contributed by atoms with E-state index in [1.54, 1.807) is 30.3 Å². The van der Waals surface area contributed by atoms with Crippen molar-refractivity contribution in [2.75, 3.05) is 26.4 Å². The van der Waals surface area contributed by atoms with Crippen LogP contribution in [-0.4, -0.2) is 44.5 Å². The molecule has 0 fully saturated rings. The van der Waals surface area contributed by atoms with Gasteiger partial charge in [-0.3, -0.25) is 0 Å². The SMILES string of the molecule is C=CCOCCCCCCOc1ccc(C(=O)Oc2ccc(C(=O)OCC(F)CCCCCC)cc2)cc1. The molecule has 0 N–H and O–H groups in total. The van der Waals surface area contributed by atoms with E-state index >= 15 is 0 Å². The monoisotopic (exact) mass is 528 g/mol. The first-order valence-electron chi connectivity index (χ1n) is 13.6. The highest BCUT2D eigenvalue weighted by Gasteiger charge is 2.14. The first-order chi connectivity index (χ1) is 18.5. The maximum atomic E-state index is 13.9. The molecule has 0 aliphatic heterocycles. The minimum absolute atomic E-state index is 0.257. The molecule has 0 aromatic heterocycles. The Balaban J connectivity index is 1.68. The van der Waals surface area contributed by atoms with Crippen LogP contribution < -0.4 is 9.47 Å². The van der Waals surface area contributed by atoms with Crippen molar-refractivity contribution in [3.63, 3.8) is 0 Å². The molecule has 2 aromatic rings. The maximum Gasteiger partial charge on any atom is 0.343 e. The Morgan fingerprint density at radius 1 is 0.816 bits per heavy atom. The summed E-state index contributed by atoms with van der Waals surface area (Å²) in [4.78, 5) is 24.6. The third kappa shape index (κ3) is 12.9. The van der Waals surface area contributed by atoms with E-state index in [0.717, 1.165) is 58.0 Å². The van der Waals surface area contributed by atoms with Crippen LogP contribution in [0.4, 0.5) is 4.39 Å². The number of ether oxygens (including phenoxy) is 4. The van der Waals surface area contributed by atoms with Crippen LogP contribution in [0.5, 0.6) is 11.5 Å². The molecule has 0 heterocycles. The highest BCUT2D eigenvalue weighted by Crippen LogP contribution is 2.18. The van der Waals surface area contributed by atoms with E-state index in [9.17, 15) is 14.0 Å². The van der Waals surface area contributed by atoms with Crippen molar-refractivity contribution >= 4 is 11.9 Å². The fourth-order valence-electron chi connectivity index (χ4n) is 3.65. The van der Waals surface area contributed by atoms with Crippen molar-refractivity contribution < 1.29 is 32.9 Å². The Kier molecular flexibility index (Phi) is 15.5. The largest absolute Gasteiger partial charge is 0.494 e. The smallest absolute Gasteiger partial charge is 0.343 e. The topological polar surface area (TPSA) is 71.1 Å². The molecule has 0 aliphatic carbocycles. The standard InChI is InChI=1S/C31H41FO6/c1-3-5-6-9-12-27(32)24-37-30(33)25-15-19-29(20-16-25)38-31(34)26-13-17-28(18-14-26)36-23-11-8-7-10-22-35-21-4-2/h4,13-20,27H,2-3,5-12,21-24H2,1H3. The second-order valence-corrected chi connectivity index (χ2v) is 9.11. The fraction of sp³-hybridized carbons (Fsp3) is 0.484. The van der Waals surface area contributed by atoms with Gasteiger partial charge in [0.1, 0.15) is 24.3 Å². The molecule has 6 nitrogen and oxygen atoms in total. The number of rotatable bonds is 20. The molecule has 0 spiro atoms. The lowest BCUT2D eigenvalue weighted by Gasteiger charge is -2.10. The van der Waals surface area contributed by atoms with Crippen LogP contribution in [0, 0.1) is 0 Å². The van der Waals surface area contributed by atoms with Crippen LogP contribution in [0.25, 0.3) is 0 Å². The highest BCUT2D eigenvalue weighted by molar-refractivity contribution is 5.92. The van der Waals surface area contributed by atoms with E-state index in [4.69, 9.17) is 18.9 Å². The van der Waals surface area contributed by atoms with Crippen LogP contribution in [0.2, 0.25) is 0 Å². The number of benzene rings is 2. The van der Waals surface area contributed by atoms with Crippen molar-refractivity contribution in [2.45, 2.75) is 70.9 Å². The van der Waals surface area contributed by atoms with Gasteiger partial charge < -0.3 is 18.9 Å². The van der Waals surface area contributed by atoms with E-state index in [-0.39, 0.29) is 12.2 Å². The summed E-state index contributed by atoms with van der Waals surface area (Å²) in [5.41, 5.74) is 0.652. The molecule has 2 aromatic carbocycles. The lowest BCUT2D eigenvalue weighted by atomic mass is 10.1. The fourth-order valence-corrected chi connectivity index (χ4v) is 3.65. The van der Waals surface area contributed by atoms with Crippen LogP contribution in [-0.2, 0) is 9.47 Å². The minimum Gasteiger partial charge on any atom is -0.494 e. The molecular formula is C31H41FO6. The molecule has 0 saturated carbocycles. The van der Waals surface area contributed by atoms with Crippen molar-refractivity contribution in [1.82, 2.24) is 0 Å². The summed E-state index contributed by atoms with van der Waals surface area (Å²) >= 11 is 0. The molecule has 38 heavy (non-hydrogen) atoms. The molecule has 208 valence electrons. The molecule has 7 heteroatoms. The van der Waals surface area contributed by atoms with Gasteiger partial charge in [-0.05, 0) is 74.2 Å². The van der Waals surface area contributed by atoms with E-state index in [1.165, 1.54) is 24.3 Å². The van der Waals surface area contributed by atoms with Crippen LogP contribution in [0.3, 0.4) is 0 Å². The number of hydrogen-bond acceptors (Lipinski definition) is 6. The van der Waals surface area contributed by atoms with Gasteiger partial charge in [0, 0.05) is 6.61 Å². The number of carbonyl (C=O) groups is 2. The zero-order valence-electron chi connectivity index (χ0n) is 22.5. The van der Waals surface area contributed by atoms with Crippen LogP contribution in [0.15, 0.2) is 61.2 Å². The van der Waals surface area contributed by atoms with Gasteiger partial charge in [0.05, 0.1) is 24.3 Å². The lowest BCUT2D eigenvalue weighted by molar-refractivity contribution is 0.0389. The average molecular weight is 529 g/mol. The zero-order chi connectivity index (χ0) is 27.4. The van der Waals surface area contributed by atoms with Gasteiger partial charge in [-0.25, -0.2) is 14.0 Å². The molecule has 0 radical (unpaired) electrons. The number of alkyl halides is 1. The van der Waals surface area contributed by atoms with Crippen molar-refractivity contribution in [3.05, 3.63) is 72.3 Å². The normalized spacial score (nSPS) is 11.5. The summed E-state index contributed by atoms with van der Waals surface area (Å²) in [7, 11) is 0. The molecular weight excluding hydrogens is 487 g/mol. The van der Waals surface area contributed by atoms with Gasteiger partial charge in [0.2, 0.25) is 0 Å². The second-order valence-electron chi connectivity index (χ2n) is 9.11. The number of halogens is 1. The summed E-state index contributed by atoms with van der Waals surface area (Å²) in [5.74, 6) is -0.141. The quantitative estimate of drug-likeness (QED) is 0.0766. The molecule has 0 bridgehead atoms. The van der Waals surface area contributed by atoms with Crippen LogP contribution in [0.1, 0.15) is 85.4 Å². The molecule has 1 atom stereocenters. The minimum atomic E-state index is -1.16. The predicted molar refractivity (Wildman–Crippen MR) is 147 cm³/mol. The summed E-state index contributed by atoms with van der Waals surface area (Å²) in [5, 5.41) is 0. The third-order valence-corrected chi connectivity index (χ3v) is 5.84. The third-order valence-electron chi connectivity index (χ3n) is 5.84. The first-order valence-corrected chi connectivity index (χ1v) is 13.6. The van der Waals surface area contributed by atoms with E-state index in [0.29, 0.717) is 36.7 Å². The van der Waals surface area contributed by atoms with Gasteiger partial charge in [-0.1, -0.05) is 45.1 Å². The van der Waals surface area contributed by atoms with E-state index in [2.05, 4.69) is 13.5 Å². The summed E-state index contributed by atoms with van der Waals surface area (Å²) < 4.78 is 35.5. The summed E-state index contributed by atoms with van der Waals surface area (Å²) in [6.45, 7) is 7.42. The van der Waals surface area contributed by atoms with Gasteiger partial charge in [-0.2, -0.15) is 0 Å². The van der Waals surface area contributed by atoms with E-state index < -0.39 is 18.1 Å². The Morgan fingerprint density at radius 3 is 2.08 bits per heavy atom. The molecule has 0 amide bonds. The Hall–Kier alpha value is -3.19. The average Bonchev–Trinajstić information content (AvgIpc) is 2.94. The van der Waals surface area contributed by atoms with Gasteiger partial charge >= 0.3 is 11.9 Å². The molecule has 0 saturated heterocycles. The number of hydrogen-bond donors (Lipinski definition) is 0. The lowest BCUT2D eigenvalue weighted by Crippen LogP contribution is -2.15. The van der Waals surface area contributed by atoms with Crippen LogP contribution >= 0.6 is 0 Å². The van der Waals surface area contributed by atoms with Crippen molar-refractivity contribution in [1.29, 1.82) is 0 Å². The van der Waals surface area contributed by atoms with Gasteiger partial charge in [-0.15, -0.1) is 6.58 Å². The van der Waals surface area contributed by atoms with Gasteiger partial charge in [0.25, 0.3) is 0 Å². The number of carbonyl (C=O) groups excluding carboxylic acids is 2. The highest BCUT2D eigenvalue weighted by atomic mass is 19.1. The molecule has 0 aliphatic rings. The van der Waals surface area contributed by atoms with Gasteiger partial charge in [0.15, 0.2) is 0 Å². The van der Waals surface area contributed by atoms with Crippen molar-refractivity contribution in [3.8, 4) is 11.5 Å².